The van der Waals surface area contributed by atoms with Crippen molar-refractivity contribution < 1.29 is 4.79 Å². The zero-order chi connectivity index (χ0) is 17.6. The van der Waals surface area contributed by atoms with Crippen molar-refractivity contribution in [3.8, 4) is 0 Å². The van der Waals surface area contributed by atoms with E-state index in [4.69, 9.17) is 0 Å². The molecule has 0 radical (unpaired) electrons. The molecule has 4 heterocycles. The van der Waals surface area contributed by atoms with Crippen LogP contribution in [-0.4, -0.2) is 36.9 Å². The third-order valence-electron chi connectivity index (χ3n) is 4.88. The highest BCUT2D eigenvalue weighted by Gasteiger charge is 2.31. The molecule has 130 valence electrons. The van der Waals surface area contributed by atoms with Crippen LogP contribution in [0.4, 0.5) is 0 Å². The first kappa shape index (κ1) is 16.0. The van der Waals surface area contributed by atoms with E-state index in [1.807, 2.05) is 17.9 Å². The quantitative estimate of drug-likeness (QED) is 0.764. The molecular weight excluding hydrogens is 338 g/mol. The summed E-state index contributed by atoms with van der Waals surface area (Å²) in [4.78, 5) is 35.8. The van der Waals surface area contributed by atoms with Crippen LogP contribution in [0.15, 0.2) is 21.8 Å². The second kappa shape index (κ2) is 6.11. The number of aryl methyl sites for hydroxylation is 1. The van der Waals surface area contributed by atoms with Gasteiger partial charge in [0.15, 0.2) is 5.65 Å². The molecule has 1 aliphatic rings. The molecule has 7 nitrogen and oxygen atoms in total. The van der Waals surface area contributed by atoms with Gasteiger partial charge in [-0.2, -0.15) is 0 Å². The van der Waals surface area contributed by atoms with Crippen LogP contribution >= 0.6 is 11.3 Å². The summed E-state index contributed by atoms with van der Waals surface area (Å²) in [5.74, 6) is -0.0581. The van der Waals surface area contributed by atoms with Crippen LogP contribution in [0.3, 0.4) is 0 Å². The maximum atomic E-state index is 12.8. The summed E-state index contributed by atoms with van der Waals surface area (Å²) in [6.07, 6.45) is 2.87. The molecular formula is C17H19N5O2S. The summed E-state index contributed by atoms with van der Waals surface area (Å²) in [5.41, 5.74) is 4.86. The van der Waals surface area contributed by atoms with Crippen LogP contribution in [0.1, 0.15) is 52.7 Å². The number of aromatic nitrogens is 4. The maximum Gasteiger partial charge on any atom is 0.275 e. The van der Waals surface area contributed by atoms with Crippen molar-refractivity contribution >= 4 is 22.9 Å². The Morgan fingerprint density at radius 2 is 2.20 bits per heavy atom. The second-order valence-electron chi connectivity index (χ2n) is 6.42. The van der Waals surface area contributed by atoms with Gasteiger partial charge in [0, 0.05) is 29.2 Å². The van der Waals surface area contributed by atoms with Crippen LogP contribution in [0.5, 0.6) is 0 Å². The van der Waals surface area contributed by atoms with Crippen molar-refractivity contribution in [2.75, 3.05) is 6.54 Å². The van der Waals surface area contributed by atoms with Crippen molar-refractivity contribution in [2.24, 2.45) is 0 Å². The fourth-order valence-corrected chi connectivity index (χ4v) is 3.90. The standard InChI is InChI=1S/C17H19N5O2S/c1-10-11(2)19-15-7-12(20-22(15)16(10)23)14-5-3-4-6-21(14)17(24)13-8-25-9-18-13/h7-9,14,20H,3-6H2,1-2H3. The molecule has 8 heteroatoms. The zero-order valence-electron chi connectivity index (χ0n) is 14.2. The number of hydrogen-bond acceptors (Lipinski definition) is 5. The van der Waals surface area contributed by atoms with E-state index in [9.17, 15) is 9.59 Å². The number of thiazole rings is 1. The van der Waals surface area contributed by atoms with Gasteiger partial charge in [0.1, 0.15) is 5.69 Å². The number of nitrogens with one attached hydrogen (secondary N) is 1. The first-order valence-corrected chi connectivity index (χ1v) is 9.28. The topological polar surface area (TPSA) is 83.4 Å². The lowest BCUT2D eigenvalue weighted by Crippen LogP contribution is -2.39. The first-order valence-electron chi connectivity index (χ1n) is 8.34. The molecule has 0 saturated carbocycles. The number of aromatic amines is 1. The Morgan fingerprint density at radius 1 is 1.36 bits per heavy atom. The van der Waals surface area contributed by atoms with Crippen LogP contribution in [0.2, 0.25) is 0 Å². The number of likely N-dealkylation sites (tertiary alicyclic amines) is 1. The molecule has 1 amide bonds. The molecule has 1 N–H and O–H groups in total. The van der Waals surface area contributed by atoms with Crippen LogP contribution in [0, 0.1) is 13.8 Å². The summed E-state index contributed by atoms with van der Waals surface area (Å²) in [5, 5.41) is 4.94. The molecule has 3 aromatic rings. The lowest BCUT2D eigenvalue weighted by atomic mass is 9.99. The monoisotopic (exact) mass is 357 g/mol. The van der Waals surface area contributed by atoms with Crippen molar-refractivity contribution in [3.63, 3.8) is 0 Å². The van der Waals surface area contributed by atoms with E-state index < -0.39 is 0 Å². The third-order valence-corrected chi connectivity index (χ3v) is 5.46. The number of piperidine rings is 1. The van der Waals surface area contributed by atoms with Gasteiger partial charge in [0.05, 0.1) is 17.2 Å². The van der Waals surface area contributed by atoms with Gasteiger partial charge in [-0.15, -0.1) is 11.3 Å². The molecule has 1 aliphatic heterocycles. The lowest BCUT2D eigenvalue weighted by molar-refractivity contribution is 0.0600. The number of rotatable bonds is 2. The van der Waals surface area contributed by atoms with Crippen molar-refractivity contribution in [1.29, 1.82) is 0 Å². The molecule has 1 saturated heterocycles. The third kappa shape index (κ3) is 2.66. The lowest BCUT2D eigenvalue weighted by Gasteiger charge is -2.34. The molecule has 4 rings (SSSR count). The SMILES string of the molecule is Cc1nc2cc(C3CCCCN3C(=O)c3cscn3)[nH]n2c(=O)c1C. The van der Waals surface area contributed by atoms with Crippen LogP contribution < -0.4 is 5.56 Å². The number of amides is 1. The van der Waals surface area contributed by atoms with Crippen molar-refractivity contribution in [2.45, 2.75) is 39.2 Å². The fraction of sp³-hybridized carbons (Fsp3) is 0.412. The number of H-pyrrole nitrogens is 1. The summed E-state index contributed by atoms with van der Waals surface area (Å²) in [7, 11) is 0. The van der Waals surface area contributed by atoms with E-state index in [1.165, 1.54) is 15.9 Å². The highest BCUT2D eigenvalue weighted by Crippen LogP contribution is 2.31. The normalized spacial score (nSPS) is 18.0. The molecule has 0 bridgehead atoms. The summed E-state index contributed by atoms with van der Waals surface area (Å²) in [6.45, 7) is 4.30. The molecule has 1 fully saturated rings. The number of nitrogens with zero attached hydrogens (tertiary/aromatic N) is 4. The maximum absolute atomic E-state index is 12.8. The number of hydrogen-bond donors (Lipinski definition) is 1. The largest absolute Gasteiger partial charge is 0.329 e. The average Bonchev–Trinajstić information content (AvgIpc) is 3.29. The number of carbonyl (C=O) groups excluding carboxylic acids is 1. The highest BCUT2D eigenvalue weighted by molar-refractivity contribution is 7.07. The van der Waals surface area contributed by atoms with Crippen molar-refractivity contribution in [3.05, 3.63) is 50.0 Å². The fourth-order valence-electron chi connectivity index (χ4n) is 3.37. The van der Waals surface area contributed by atoms with E-state index in [0.717, 1.165) is 30.7 Å². The Kier molecular flexibility index (Phi) is 3.91. The van der Waals surface area contributed by atoms with Crippen LogP contribution in [0.25, 0.3) is 5.65 Å². The Hall–Kier alpha value is -2.48. The predicted molar refractivity (Wildman–Crippen MR) is 95.0 cm³/mol. The smallest absolute Gasteiger partial charge is 0.275 e. The van der Waals surface area contributed by atoms with E-state index in [2.05, 4.69) is 15.1 Å². The molecule has 0 aromatic carbocycles. The number of carbonyl (C=O) groups is 1. The van der Waals surface area contributed by atoms with Crippen molar-refractivity contribution in [1.82, 2.24) is 24.5 Å². The van der Waals surface area contributed by atoms with Gasteiger partial charge in [-0.05, 0) is 33.1 Å². The molecule has 1 unspecified atom stereocenters. The molecule has 3 aromatic heterocycles. The molecule has 25 heavy (non-hydrogen) atoms. The average molecular weight is 357 g/mol. The Morgan fingerprint density at radius 3 is 2.96 bits per heavy atom. The van der Waals surface area contributed by atoms with Gasteiger partial charge in [-0.1, -0.05) is 0 Å². The second-order valence-corrected chi connectivity index (χ2v) is 7.13. The minimum atomic E-state index is -0.0954. The van der Waals surface area contributed by atoms with Gasteiger partial charge >= 0.3 is 0 Å². The van der Waals surface area contributed by atoms with E-state index in [-0.39, 0.29) is 17.5 Å². The minimum Gasteiger partial charge on any atom is -0.329 e. The van der Waals surface area contributed by atoms with E-state index in [0.29, 0.717) is 23.4 Å². The summed E-state index contributed by atoms with van der Waals surface area (Å²) in [6, 6.07) is 1.79. The van der Waals surface area contributed by atoms with Gasteiger partial charge in [-0.25, -0.2) is 14.5 Å². The zero-order valence-corrected chi connectivity index (χ0v) is 15.0. The number of fused-ring (bicyclic) bond motifs is 1. The first-order chi connectivity index (χ1) is 12.1. The molecule has 1 atom stereocenters. The highest BCUT2D eigenvalue weighted by atomic mass is 32.1. The Labute approximate surface area is 148 Å². The Bertz CT molecular complexity index is 989. The summed E-state index contributed by atoms with van der Waals surface area (Å²) < 4.78 is 1.47. The van der Waals surface area contributed by atoms with E-state index >= 15 is 0 Å². The van der Waals surface area contributed by atoms with Gasteiger partial charge in [0.25, 0.3) is 11.5 Å². The van der Waals surface area contributed by atoms with Gasteiger partial charge in [-0.3, -0.25) is 14.7 Å². The predicted octanol–water partition coefficient (Wildman–Crippen LogP) is 2.46. The molecule has 0 spiro atoms. The van der Waals surface area contributed by atoms with E-state index in [1.54, 1.807) is 17.8 Å². The van der Waals surface area contributed by atoms with Gasteiger partial charge < -0.3 is 4.90 Å². The minimum absolute atomic E-state index is 0.0581. The van der Waals surface area contributed by atoms with Crippen LogP contribution in [-0.2, 0) is 0 Å². The van der Waals surface area contributed by atoms with Gasteiger partial charge in [0.2, 0.25) is 0 Å². The summed E-state index contributed by atoms with van der Waals surface area (Å²) >= 11 is 1.42. The Balaban J connectivity index is 1.76. The molecule has 0 aliphatic carbocycles.